The lowest BCUT2D eigenvalue weighted by Gasteiger charge is -2.20. The lowest BCUT2D eigenvalue weighted by Crippen LogP contribution is -2.19. The molecular weight excluding hydrogens is 272 g/mol. The Morgan fingerprint density at radius 1 is 1.35 bits per heavy atom. The van der Waals surface area contributed by atoms with Gasteiger partial charge in [0.2, 0.25) is 0 Å². The highest BCUT2D eigenvalue weighted by atomic mass is 32.1. The normalized spacial score (nSPS) is 10.4. The van der Waals surface area contributed by atoms with E-state index in [2.05, 4.69) is 11.9 Å². The standard InChI is InChI=1S/C15H18N2O2S/c1-10-11(2)20-14(16-10)9-17(3)13-8-6-5-7-12(13)15(18)19-4/h5-8H,9H2,1-4H3. The van der Waals surface area contributed by atoms with Gasteiger partial charge in [0.05, 0.1) is 30.6 Å². The average Bonchev–Trinajstić information content (AvgIpc) is 2.76. The van der Waals surface area contributed by atoms with Crippen molar-refractivity contribution in [2.45, 2.75) is 20.4 Å². The first kappa shape index (κ1) is 14.5. The highest BCUT2D eigenvalue weighted by Gasteiger charge is 2.15. The summed E-state index contributed by atoms with van der Waals surface area (Å²) in [6.45, 7) is 4.75. The van der Waals surface area contributed by atoms with Gasteiger partial charge in [0.25, 0.3) is 0 Å². The van der Waals surface area contributed by atoms with Crippen molar-refractivity contribution in [3.05, 3.63) is 45.4 Å². The number of para-hydroxylation sites is 1. The molecule has 0 fully saturated rings. The van der Waals surface area contributed by atoms with E-state index in [1.807, 2.05) is 37.1 Å². The number of ether oxygens (including phenoxy) is 1. The first-order valence-electron chi connectivity index (χ1n) is 6.34. The van der Waals surface area contributed by atoms with Crippen molar-refractivity contribution in [2.75, 3.05) is 19.1 Å². The van der Waals surface area contributed by atoms with E-state index in [1.165, 1.54) is 12.0 Å². The molecule has 2 rings (SSSR count). The molecule has 1 aromatic carbocycles. The van der Waals surface area contributed by atoms with Gasteiger partial charge in [0, 0.05) is 11.9 Å². The van der Waals surface area contributed by atoms with Crippen molar-refractivity contribution in [2.24, 2.45) is 0 Å². The molecule has 0 aliphatic heterocycles. The number of benzene rings is 1. The smallest absolute Gasteiger partial charge is 0.339 e. The van der Waals surface area contributed by atoms with E-state index in [4.69, 9.17) is 4.74 Å². The van der Waals surface area contributed by atoms with Gasteiger partial charge >= 0.3 is 5.97 Å². The third kappa shape index (κ3) is 2.99. The summed E-state index contributed by atoms with van der Waals surface area (Å²) in [6.07, 6.45) is 0. The molecule has 20 heavy (non-hydrogen) atoms. The monoisotopic (exact) mass is 290 g/mol. The first-order valence-corrected chi connectivity index (χ1v) is 7.16. The number of hydrogen-bond acceptors (Lipinski definition) is 5. The number of methoxy groups -OCH3 is 1. The fourth-order valence-electron chi connectivity index (χ4n) is 1.98. The van der Waals surface area contributed by atoms with Crippen LogP contribution in [0.15, 0.2) is 24.3 Å². The molecule has 0 unspecified atom stereocenters. The summed E-state index contributed by atoms with van der Waals surface area (Å²) in [5, 5.41) is 1.04. The summed E-state index contributed by atoms with van der Waals surface area (Å²) in [7, 11) is 3.35. The third-order valence-corrected chi connectivity index (χ3v) is 4.22. The quantitative estimate of drug-likeness (QED) is 0.811. The van der Waals surface area contributed by atoms with Crippen LogP contribution in [-0.4, -0.2) is 25.1 Å². The number of carbonyl (C=O) groups excluding carboxylic acids is 1. The molecular formula is C15H18N2O2S. The van der Waals surface area contributed by atoms with Crippen LogP contribution in [0.4, 0.5) is 5.69 Å². The number of carbonyl (C=O) groups is 1. The summed E-state index contributed by atoms with van der Waals surface area (Å²) in [5.74, 6) is -0.320. The van der Waals surface area contributed by atoms with Gasteiger partial charge in [-0.1, -0.05) is 12.1 Å². The number of hydrogen-bond donors (Lipinski definition) is 0. The average molecular weight is 290 g/mol. The predicted octanol–water partition coefficient (Wildman–Crippen LogP) is 3.18. The highest BCUT2D eigenvalue weighted by Crippen LogP contribution is 2.24. The van der Waals surface area contributed by atoms with Gasteiger partial charge in [0.15, 0.2) is 0 Å². The maximum Gasteiger partial charge on any atom is 0.339 e. The van der Waals surface area contributed by atoms with Crippen molar-refractivity contribution in [3.8, 4) is 0 Å². The third-order valence-electron chi connectivity index (χ3n) is 3.17. The Labute approximate surface area is 123 Å². The molecule has 1 heterocycles. The molecule has 0 atom stereocenters. The number of rotatable bonds is 4. The SMILES string of the molecule is COC(=O)c1ccccc1N(C)Cc1nc(C)c(C)s1. The van der Waals surface area contributed by atoms with Crippen LogP contribution >= 0.6 is 11.3 Å². The van der Waals surface area contributed by atoms with Crippen LogP contribution < -0.4 is 4.90 Å². The Bertz CT molecular complexity index is 603. The molecule has 0 N–H and O–H groups in total. The summed E-state index contributed by atoms with van der Waals surface area (Å²) in [4.78, 5) is 19.6. The molecule has 0 aliphatic carbocycles. The Hall–Kier alpha value is -1.88. The Morgan fingerprint density at radius 2 is 2.05 bits per heavy atom. The van der Waals surface area contributed by atoms with Crippen molar-refractivity contribution < 1.29 is 9.53 Å². The van der Waals surface area contributed by atoms with Gasteiger partial charge < -0.3 is 9.64 Å². The second kappa shape index (κ2) is 6.05. The molecule has 0 saturated heterocycles. The number of nitrogens with zero attached hydrogens (tertiary/aromatic N) is 2. The molecule has 0 spiro atoms. The van der Waals surface area contributed by atoms with Gasteiger partial charge in [-0.15, -0.1) is 11.3 Å². The zero-order chi connectivity index (χ0) is 14.7. The van der Waals surface area contributed by atoms with Crippen LogP contribution in [0.1, 0.15) is 25.9 Å². The van der Waals surface area contributed by atoms with Crippen molar-refractivity contribution in [1.82, 2.24) is 4.98 Å². The number of thiazole rings is 1. The van der Waals surface area contributed by atoms with Crippen LogP contribution in [0.2, 0.25) is 0 Å². The van der Waals surface area contributed by atoms with Gasteiger partial charge in [-0.3, -0.25) is 0 Å². The molecule has 0 amide bonds. The van der Waals surface area contributed by atoms with Gasteiger partial charge in [-0.25, -0.2) is 9.78 Å². The van der Waals surface area contributed by atoms with E-state index in [0.717, 1.165) is 16.4 Å². The molecule has 0 bridgehead atoms. The summed E-state index contributed by atoms with van der Waals surface area (Å²) >= 11 is 1.69. The van der Waals surface area contributed by atoms with E-state index < -0.39 is 0 Å². The Morgan fingerprint density at radius 3 is 2.65 bits per heavy atom. The molecule has 0 saturated carbocycles. The van der Waals surface area contributed by atoms with Gasteiger partial charge in [-0.05, 0) is 26.0 Å². The van der Waals surface area contributed by atoms with E-state index in [9.17, 15) is 4.79 Å². The van der Waals surface area contributed by atoms with Crippen LogP contribution in [0.25, 0.3) is 0 Å². The Balaban J connectivity index is 2.25. The molecule has 5 heteroatoms. The minimum Gasteiger partial charge on any atom is -0.465 e. The lowest BCUT2D eigenvalue weighted by molar-refractivity contribution is 0.0601. The number of esters is 1. The first-order chi connectivity index (χ1) is 9.52. The molecule has 106 valence electrons. The van der Waals surface area contributed by atoms with Gasteiger partial charge in [-0.2, -0.15) is 0 Å². The molecule has 2 aromatic rings. The minimum atomic E-state index is -0.320. The molecule has 0 radical (unpaired) electrons. The summed E-state index contributed by atoms with van der Waals surface area (Å²) < 4.78 is 4.82. The van der Waals surface area contributed by atoms with E-state index >= 15 is 0 Å². The zero-order valence-corrected chi connectivity index (χ0v) is 13.0. The fourth-order valence-corrected chi connectivity index (χ4v) is 2.97. The van der Waals surface area contributed by atoms with Crippen LogP contribution in [0.5, 0.6) is 0 Å². The van der Waals surface area contributed by atoms with E-state index in [0.29, 0.717) is 12.1 Å². The van der Waals surface area contributed by atoms with E-state index in [-0.39, 0.29) is 5.97 Å². The number of aromatic nitrogens is 1. The van der Waals surface area contributed by atoms with Crippen LogP contribution in [0.3, 0.4) is 0 Å². The van der Waals surface area contributed by atoms with Crippen LogP contribution in [-0.2, 0) is 11.3 Å². The zero-order valence-electron chi connectivity index (χ0n) is 12.1. The molecule has 1 aromatic heterocycles. The topological polar surface area (TPSA) is 42.4 Å². The highest BCUT2D eigenvalue weighted by molar-refractivity contribution is 7.11. The minimum absolute atomic E-state index is 0.320. The second-order valence-corrected chi connectivity index (χ2v) is 5.90. The second-order valence-electron chi connectivity index (χ2n) is 4.61. The summed E-state index contributed by atoms with van der Waals surface area (Å²) in [6, 6.07) is 7.44. The summed E-state index contributed by atoms with van der Waals surface area (Å²) in [5.41, 5.74) is 2.49. The molecule has 4 nitrogen and oxygen atoms in total. The maximum atomic E-state index is 11.8. The predicted molar refractivity (Wildman–Crippen MR) is 81.5 cm³/mol. The maximum absolute atomic E-state index is 11.8. The van der Waals surface area contributed by atoms with Crippen LogP contribution in [0, 0.1) is 13.8 Å². The number of aryl methyl sites for hydroxylation is 2. The largest absolute Gasteiger partial charge is 0.465 e. The van der Waals surface area contributed by atoms with Crippen molar-refractivity contribution >= 4 is 23.0 Å². The van der Waals surface area contributed by atoms with Crippen molar-refractivity contribution in [1.29, 1.82) is 0 Å². The Kier molecular flexibility index (Phi) is 4.39. The van der Waals surface area contributed by atoms with E-state index in [1.54, 1.807) is 17.4 Å². The lowest BCUT2D eigenvalue weighted by atomic mass is 10.1. The van der Waals surface area contributed by atoms with Gasteiger partial charge in [0.1, 0.15) is 5.01 Å². The van der Waals surface area contributed by atoms with Crippen molar-refractivity contribution in [3.63, 3.8) is 0 Å². The fraction of sp³-hybridized carbons (Fsp3) is 0.333. The number of anilines is 1. The molecule has 0 aliphatic rings.